The zero-order valence-corrected chi connectivity index (χ0v) is 11.6. The summed E-state index contributed by atoms with van der Waals surface area (Å²) in [5, 5.41) is 2.88. The van der Waals surface area contributed by atoms with E-state index in [1.54, 1.807) is 17.0 Å². The molecule has 1 heterocycles. The Morgan fingerprint density at radius 3 is 3.00 bits per heavy atom. The first-order valence-corrected chi connectivity index (χ1v) is 6.64. The quantitative estimate of drug-likeness (QED) is 0.799. The Morgan fingerprint density at radius 2 is 2.32 bits per heavy atom. The lowest BCUT2D eigenvalue weighted by Gasteiger charge is -2.35. The van der Waals surface area contributed by atoms with Crippen molar-refractivity contribution in [1.29, 1.82) is 0 Å². The smallest absolute Gasteiger partial charge is 0.321 e. The molecule has 0 spiro atoms. The minimum atomic E-state index is -0.0779. The molecule has 5 nitrogen and oxygen atoms in total. The van der Waals surface area contributed by atoms with Crippen LogP contribution in [0.5, 0.6) is 0 Å². The third kappa shape index (κ3) is 3.61. The molecule has 0 saturated carbocycles. The molecule has 1 atom stereocenters. The largest absolute Gasteiger partial charge is 0.399 e. The van der Waals surface area contributed by atoms with Crippen molar-refractivity contribution in [2.75, 3.05) is 38.2 Å². The number of benzene rings is 1. The number of hydrogen-bond donors (Lipinski definition) is 2. The predicted molar refractivity (Wildman–Crippen MR) is 78.2 cm³/mol. The van der Waals surface area contributed by atoms with Crippen molar-refractivity contribution in [2.45, 2.75) is 18.9 Å². The normalized spacial score (nSPS) is 20.0. The monoisotopic (exact) mass is 262 g/mol. The maximum atomic E-state index is 12.2. The Morgan fingerprint density at radius 1 is 1.53 bits per heavy atom. The molecule has 5 heteroatoms. The Bertz CT molecular complexity index is 449. The average Bonchev–Trinajstić information content (AvgIpc) is 2.38. The molecule has 19 heavy (non-hydrogen) atoms. The van der Waals surface area contributed by atoms with Gasteiger partial charge in [-0.2, -0.15) is 0 Å². The number of likely N-dealkylation sites (tertiary alicyclic amines) is 1. The highest BCUT2D eigenvalue weighted by Crippen LogP contribution is 2.16. The van der Waals surface area contributed by atoms with E-state index in [0.29, 0.717) is 5.69 Å². The van der Waals surface area contributed by atoms with Gasteiger partial charge in [0.1, 0.15) is 0 Å². The van der Waals surface area contributed by atoms with Crippen molar-refractivity contribution in [3.8, 4) is 0 Å². The van der Waals surface area contributed by atoms with Gasteiger partial charge in [0.15, 0.2) is 0 Å². The molecule has 2 amide bonds. The minimum Gasteiger partial charge on any atom is -0.399 e. The average molecular weight is 262 g/mol. The molecule has 0 bridgehead atoms. The number of rotatable bonds is 2. The van der Waals surface area contributed by atoms with Crippen molar-refractivity contribution in [1.82, 2.24) is 9.80 Å². The van der Waals surface area contributed by atoms with Crippen molar-refractivity contribution in [2.24, 2.45) is 0 Å². The molecule has 1 fully saturated rings. The first-order valence-electron chi connectivity index (χ1n) is 6.64. The molecular weight excluding hydrogens is 240 g/mol. The van der Waals surface area contributed by atoms with Gasteiger partial charge >= 0.3 is 6.03 Å². The van der Waals surface area contributed by atoms with E-state index in [1.165, 1.54) is 0 Å². The molecule has 1 aliphatic heterocycles. The topological polar surface area (TPSA) is 61.6 Å². The van der Waals surface area contributed by atoms with Crippen molar-refractivity contribution < 1.29 is 4.79 Å². The number of nitrogens with one attached hydrogen (secondary N) is 1. The third-order valence-electron chi connectivity index (χ3n) is 3.61. The summed E-state index contributed by atoms with van der Waals surface area (Å²) in [4.78, 5) is 16.2. The molecule has 1 aliphatic rings. The number of amides is 2. The number of urea groups is 1. The lowest BCUT2D eigenvalue weighted by Crippen LogP contribution is -2.48. The lowest BCUT2D eigenvalue weighted by atomic mass is 10.1. The second-order valence-corrected chi connectivity index (χ2v) is 5.22. The summed E-state index contributed by atoms with van der Waals surface area (Å²) in [5.41, 5.74) is 7.09. The van der Waals surface area contributed by atoms with Gasteiger partial charge in [-0.15, -0.1) is 0 Å². The zero-order valence-electron chi connectivity index (χ0n) is 11.6. The number of piperidine rings is 1. The van der Waals surface area contributed by atoms with Gasteiger partial charge in [-0.3, -0.25) is 0 Å². The number of likely N-dealkylation sites (N-methyl/N-ethyl adjacent to an activating group) is 2. The van der Waals surface area contributed by atoms with E-state index in [-0.39, 0.29) is 12.1 Å². The van der Waals surface area contributed by atoms with Crippen LogP contribution in [0.3, 0.4) is 0 Å². The Hall–Kier alpha value is -1.75. The van der Waals surface area contributed by atoms with Crippen molar-refractivity contribution in [3.05, 3.63) is 24.3 Å². The Labute approximate surface area is 114 Å². The van der Waals surface area contributed by atoms with Crippen LogP contribution < -0.4 is 11.1 Å². The second-order valence-electron chi connectivity index (χ2n) is 5.22. The van der Waals surface area contributed by atoms with E-state index in [2.05, 4.69) is 17.3 Å². The first-order chi connectivity index (χ1) is 9.06. The molecule has 1 aromatic carbocycles. The highest BCUT2D eigenvalue weighted by Gasteiger charge is 2.24. The molecule has 104 valence electrons. The van der Waals surface area contributed by atoms with E-state index in [1.807, 2.05) is 19.2 Å². The van der Waals surface area contributed by atoms with Gasteiger partial charge in [-0.1, -0.05) is 6.07 Å². The summed E-state index contributed by atoms with van der Waals surface area (Å²) >= 11 is 0. The van der Waals surface area contributed by atoms with Crippen LogP contribution in [0.4, 0.5) is 16.2 Å². The molecule has 1 unspecified atom stereocenters. The highest BCUT2D eigenvalue weighted by atomic mass is 16.2. The fourth-order valence-corrected chi connectivity index (χ4v) is 2.45. The van der Waals surface area contributed by atoms with Gasteiger partial charge in [0, 0.05) is 31.0 Å². The standard InChI is InChI=1S/C14H22N4O/c1-17-8-4-7-13(10-17)18(2)14(19)16-12-6-3-5-11(15)9-12/h3,5-6,9,13H,4,7-8,10,15H2,1-2H3,(H,16,19). The third-order valence-corrected chi connectivity index (χ3v) is 3.61. The SMILES string of the molecule is CN1CCCC(N(C)C(=O)Nc2cccc(N)c2)C1. The number of nitrogen functional groups attached to an aromatic ring is 1. The van der Waals surface area contributed by atoms with Crippen LogP contribution in [0.25, 0.3) is 0 Å². The fraction of sp³-hybridized carbons (Fsp3) is 0.500. The predicted octanol–water partition coefficient (Wildman–Crippen LogP) is 1.83. The number of nitrogens with zero attached hydrogens (tertiary/aromatic N) is 2. The van der Waals surface area contributed by atoms with Crippen LogP contribution in [0, 0.1) is 0 Å². The van der Waals surface area contributed by atoms with Crippen LogP contribution in [0.1, 0.15) is 12.8 Å². The number of carbonyl (C=O) groups is 1. The summed E-state index contributed by atoms with van der Waals surface area (Å²) in [7, 11) is 3.95. The first kappa shape index (κ1) is 13.7. The van der Waals surface area contributed by atoms with E-state index in [4.69, 9.17) is 5.73 Å². The van der Waals surface area contributed by atoms with Gasteiger partial charge in [0.05, 0.1) is 0 Å². The minimum absolute atomic E-state index is 0.0779. The summed E-state index contributed by atoms with van der Waals surface area (Å²) in [5.74, 6) is 0. The molecular formula is C14H22N4O. The molecule has 1 aromatic rings. The van der Waals surface area contributed by atoms with Crippen molar-refractivity contribution >= 4 is 17.4 Å². The molecule has 3 N–H and O–H groups in total. The summed E-state index contributed by atoms with van der Waals surface area (Å²) < 4.78 is 0. The lowest BCUT2D eigenvalue weighted by molar-refractivity contribution is 0.148. The summed E-state index contributed by atoms with van der Waals surface area (Å²) in [6.07, 6.45) is 2.20. The number of carbonyl (C=O) groups excluding carboxylic acids is 1. The second kappa shape index (κ2) is 5.93. The molecule has 1 saturated heterocycles. The van der Waals surface area contributed by atoms with E-state index in [9.17, 15) is 4.79 Å². The molecule has 0 radical (unpaired) electrons. The zero-order chi connectivity index (χ0) is 13.8. The molecule has 0 aliphatic carbocycles. The van der Waals surface area contributed by atoms with Crippen LogP contribution in [0.2, 0.25) is 0 Å². The number of anilines is 2. The van der Waals surface area contributed by atoms with Gasteiger partial charge in [-0.05, 0) is 44.6 Å². The maximum Gasteiger partial charge on any atom is 0.321 e. The van der Waals surface area contributed by atoms with Crippen molar-refractivity contribution in [3.63, 3.8) is 0 Å². The van der Waals surface area contributed by atoms with E-state index >= 15 is 0 Å². The van der Waals surface area contributed by atoms with E-state index in [0.717, 1.165) is 31.6 Å². The Balaban J connectivity index is 1.95. The molecule has 0 aromatic heterocycles. The van der Waals surface area contributed by atoms with Gasteiger partial charge < -0.3 is 20.9 Å². The maximum absolute atomic E-state index is 12.2. The number of hydrogen-bond acceptors (Lipinski definition) is 3. The Kier molecular flexibility index (Phi) is 4.27. The van der Waals surface area contributed by atoms with E-state index < -0.39 is 0 Å². The summed E-state index contributed by atoms with van der Waals surface area (Å²) in [6, 6.07) is 7.44. The van der Waals surface area contributed by atoms with Gasteiger partial charge in [0.2, 0.25) is 0 Å². The van der Waals surface area contributed by atoms with Crippen LogP contribution in [-0.4, -0.2) is 49.1 Å². The van der Waals surface area contributed by atoms with Gasteiger partial charge in [-0.25, -0.2) is 4.79 Å². The highest BCUT2D eigenvalue weighted by molar-refractivity contribution is 5.89. The van der Waals surface area contributed by atoms with Gasteiger partial charge in [0.25, 0.3) is 0 Å². The molecule has 2 rings (SSSR count). The van der Waals surface area contributed by atoms with Crippen LogP contribution in [-0.2, 0) is 0 Å². The summed E-state index contributed by atoms with van der Waals surface area (Å²) in [6.45, 7) is 2.04. The number of nitrogens with two attached hydrogens (primary N) is 1. The van der Waals surface area contributed by atoms with Crippen LogP contribution >= 0.6 is 0 Å². The fourth-order valence-electron chi connectivity index (χ4n) is 2.45. The van der Waals surface area contributed by atoms with Crippen LogP contribution in [0.15, 0.2) is 24.3 Å².